The first-order valence-electron chi connectivity index (χ1n) is 9.58. The van der Waals surface area contributed by atoms with Crippen molar-refractivity contribution in [3.05, 3.63) is 59.7 Å². The Morgan fingerprint density at radius 1 is 1.11 bits per heavy atom. The molecule has 1 aromatic carbocycles. The summed E-state index contributed by atoms with van der Waals surface area (Å²) >= 11 is 0. The van der Waals surface area contributed by atoms with E-state index in [0.717, 1.165) is 62.6 Å². The Bertz CT molecular complexity index is 923. The minimum Gasteiger partial charge on any atom is -0.368 e. The third kappa shape index (κ3) is 3.07. The van der Waals surface area contributed by atoms with Gasteiger partial charge in [0.2, 0.25) is 0 Å². The van der Waals surface area contributed by atoms with E-state index < -0.39 is 0 Å². The highest BCUT2D eigenvalue weighted by atomic mass is 16.5. The number of aryl methyl sites for hydroxylation is 1. The van der Waals surface area contributed by atoms with Gasteiger partial charge in [-0.3, -0.25) is 9.58 Å². The highest BCUT2D eigenvalue weighted by Crippen LogP contribution is 2.41. The van der Waals surface area contributed by atoms with Crippen LogP contribution in [0.1, 0.15) is 29.8 Å². The number of hydrogen-bond acceptors (Lipinski definition) is 5. The molecule has 0 N–H and O–H groups in total. The highest BCUT2D eigenvalue weighted by Gasteiger charge is 2.43. The molecular weight excluding hydrogens is 340 g/mol. The smallest absolute Gasteiger partial charge is 0.115 e. The topological polar surface area (TPSA) is 61.0 Å². The van der Waals surface area contributed by atoms with E-state index >= 15 is 0 Å². The maximum atomic E-state index is 6.35. The van der Waals surface area contributed by atoms with E-state index in [1.165, 1.54) is 5.56 Å². The molecule has 1 saturated heterocycles. The number of piperidine rings is 1. The lowest BCUT2D eigenvalue weighted by atomic mass is 9.84. The number of rotatable bonds is 3. The number of para-hydroxylation sites is 1. The van der Waals surface area contributed by atoms with Crippen molar-refractivity contribution in [3.63, 3.8) is 0 Å². The predicted molar refractivity (Wildman–Crippen MR) is 100 cm³/mol. The van der Waals surface area contributed by atoms with Crippen LogP contribution >= 0.6 is 0 Å². The summed E-state index contributed by atoms with van der Waals surface area (Å²) in [6.07, 6.45) is 7.04. The number of hydrogen-bond donors (Lipinski definition) is 0. The lowest BCUT2D eigenvalue weighted by Crippen LogP contribution is -2.46. The van der Waals surface area contributed by atoms with Crippen LogP contribution in [0.15, 0.2) is 42.7 Å². The number of aromatic nitrogens is 5. The van der Waals surface area contributed by atoms with Crippen molar-refractivity contribution in [1.29, 1.82) is 0 Å². The zero-order valence-electron chi connectivity index (χ0n) is 15.6. The van der Waals surface area contributed by atoms with E-state index in [1.807, 2.05) is 36.1 Å². The van der Waals surface area contributed by atoms with Crippen LogP contribution in [-0.4, -0.2) is 49.4 Å². The van der Waals surface area contributed by atoms with Gasteiger partial charge in [-0.15, -0.1) is 5.10 Å². The summed E-state index contributed by atoms with van der Waals surface area (Å²) < 4.78 is 10.1. The van der Waals surface area contributed by atoms with Crippen molar-refractivity contribution in [2.75, 3.05) is 19.7 Å². The molecular formula is C20H24N6O. The second-order valence-electron chi connectivity index (χ2n) is 7.54. The normalized spacial score (nSPS) is 19.3. The van der Waals surface area contributed by atoms with E-state index in [2.05, 4.69) is 33.5 Å². The van der Waals surface area contributed by atoms with E-state index in [9.17, 15) is 0 Å². The van der Waals surface area contributed by atoms with Gasteiger partial charge >= 0.3 is 0 Å². The Labute approximate surface area is 158 Å². The summed E-state index contributed by atoms with van der Waals surface area (Å²) in [6, 6.07) is 10.3. The molecule has 0 radical (unpaired) electrons. The Balaban J connectivity index is 1.35. The van der Waals surface area contributed by atoms with Crippen LogP contribution in [0.25, 0.3) is 5.69 Å². The molecule has 1 fully saturated rings. The molecule has 0 aliphatic carbocycles. The summed E-state index contributed by atoms with van der Waals surface area (Å²) in [6.45, 7) is 3.58. The Morgan fingerprint density at radius 2 is 1.93 bits per heavy atom. The van der Waals surface area contributed by atoms with Crippen molar-refractivity contribution in [2.45, 2.75) is 31.4 Å². The van der Waals surface area contributed by atoms with Crippen LogP contribution in [0, 0.1) is 0 Å². The molecule has 2 aliphatic heterocycles. The summed E-state index contributed by atoms with van der Waals surface area (Å²) in [5.74, 6) is 0. The maximum Gasteiger partial charge on any atom is 0.115 e. The van der Waals surface area contributed by atoms with Crippen LogP contribution in [0.4, 0.5) is 0 Å². The van der Waals surface area contributed by atoms with Gasteiger partial charge in [-0.2, -0.15) is 5.10 Å². The summed E-state index contributed by atoms with van der Waals surface area (Å²) in [7, 11) is 1.90. The van der Waals surface area contributed by atoms with Gasteiger partial charge in [-0.05, 0) is 37.0 Å². The quantitative estimate of drug-likeness (QED) is 0.712. The van der Waals surface area contributed by atoms with Crippen molar-refractivity contribution in [3.8, 4) is 5.69 Å². The summed E-state index contributed by atoms with van der Waals surface area (Å²) in [5.41, 5.74) is 4.34. The van der Waals surface area contributed by atoms with E-state index in [4.69, 9.17) is 9.84 Å². The fourth-order valence-electron chi connectivity index (χ4n) is 4.26. The predicted octanol–water partition coefficient (Wildman–Crippen LogP) is 2.06. The van der Waals surface area contributed by atoms with Gasteiger partial charge in [0.25, 0.3) is 0 Å². The zero-order chi connectivity index (χ0) is 18.3. The Morgan fingerprint density at radius 3 is 2.67 bits per heavy atom. The molecule has 7 heteroatoms. The molecule has 5 rings (SSSR count). The molecule has 2 aromatic heterocycles. The third-order valence-corrected chi connectivity index (χ3v) is 5.69. The lowest BCUT2D eigenvalue weighted by molar-refractivity contribution is -0.102. The van der Waals surface area contributed by atoms with Gasteiger partial charge in [0.15, 0.2) is 0 Å². The van der Waals surface area contributed by atoms with Gasteiger partial charge in [-0.25, -0.2) is 4.68 Å². The van der Waals surface area contributed by atoms with Gasteiger partial charge in [0.1, 0.15) is 5.60 Å². The molecule has 0 amide bonds. The Hall–Kier alpha value is -2.51. The second-order valence-corrected chi connectivity index (χ2v) is 7.54. The van der Waals surface area contributed by atoms with Crippen LogP contribution in [0.3, 0.4) is 0 Å². The molecule has 2 aliphatic rings. The SMILES string of the molecule is Cn1cc(CN2CCC3(CC2)OCCc2cn(-c4ccccc4)nc23)nn1. The molecule has 0 saturated carbocycles. The van der Waals surface area contributed by atoms with Crippen molar-refractivity contribution in [1.82, 2.24) is 29.7 Å². The molecule has 7 nitrogen and oxygen atoms in total. The van der Waals surface area contributed by atoms with E-state index in [0.29, 0.717) is 0 Å². The monoisotopic (exact) mass is 364 g/mol. The van der Waals surface area contributed by atoms with E-state index in [1.54, 1.807) is 4.68 Å². The highest BCUT2D eigenvalue weighted by molar-refractivity contribution is 5.35. The number of fused-ring (bicyclic) bond motifs is 2. The first-order chi connectivity index (χ1) is 13.2. The minimum absolute atomic E-state index is 0.244. The second kappa shape index (κ2) is 6.58. The van der Waals surface area contributed by atoms with Crippen LogP contribution < -0.4 is 0 Å². The summed E-state index contributed by atoms with van der Waals surface area (Å²) in [5, 5.41) is 13.2. The summed E-state index contributed by atoms with van der Waals surface area (Å²) in [4.78, 5) is 2.43. The molecule has 0 bridgehead atoms. The van der Waals surface area contributed by atoms with Gasteiger partial charge < -0.3 is 4.74 Å². The zero-order valence-corrected chi connectivity index (χ0v) is 15.6. The van der Waals surface area contributed by atoms with Crippen LogP contribution in [0.2, 0.25) is 0 Å². The average molecular weight is 364 g/mol. The van der Waals surface area contributed by atoms with Crippen molar-refractivity contribution >= 4 is 0 Å². The molecule has 0 atom stereocenters. The standard InChI is InChI=1S/C20H24N6O/c1-24-14-17(21-23-24)15-25-10-8-20(9-11-25)19-16(7-12-27-20)13-26(22-19)18-5-3-2-4-6-18/h2-6,13-14H,7-12,15H2,1H3. The number of likely N-dealkylation sites (tertiary alicyclic amines) is 1. The van der Waals surface area contributed by atoms with Crippen molar-refractivity contribution in [2.24, 2.45) is 7.05 Å². The molecule has 140 valence electrons. The van der Waals surface area contributed by atoms with Crippen molar-refractivity contribution < 1.29 is 4.74 Å². The number of ether oxygens (including phenoxy) is 1. The minimum atomic E-state index is -0.244. The number of benzene rings is 1. The fourth-order valence-corrected chi connectivity index (χ4v) is 4.26. The molecule has 4 heterocycles. The molecule has 3 aromatic rings. The first kappa shape index (κ1) is 16.6. The van der Waals surface area contributed by atoms with Gasteiger partial charge in [0, 0.05) is 39.1 Å². The largest absolute Gasteiger partial charge is 0.368 e. The van der Waals surface area contributed by atoms with Crippen LogP contribution in [-0.2, 0) is 30.4 Å². The molecule has 1 spiro atoms. The van der Waals surface area contributed by atoms with Gasteiger partial charge in [-0.1, -0.05) is 23.4 Å². The Kier molecular flexibility index (Phi) is 4.06. The molecule has 0 unspecified atom stereocenters. The lowest BCUT2D eigenvalue weighted by Gasteiger charge is -2.42. The van der Waals surface area contributed by atoms with E-state index in [-0.39, 0.29) is 5.60 Å². The molecule has 27 heavy (non-hydrogen) atoms. The first-order valence-corrected chi connectivity index (χ1v) is 9.58. The van der Waals surface area contributed by atoms with Gasteiger partial charge in [0.05, 0.1) is 23.7 Å². The fraction of sp³-hybridized carbons (Fsp3) is 0.450. The van der Waals surface area contributed by atoms with Crippen LogP contribution in [0.5, 0.6) is 0 Å². The number of nitrogens with zero attached hydrogens (tertiary/aromatic N) is 6. The maximum absolute atomic E-state index is 6.35. The average Bonchev–Trinajstić information content (AvgIpc) is 3.32. The third-order valence-electron chi connectivity index (χ3n) is 5.69.